The zero-order valence-electron chi connectivity index (χ0n) is 21.3. The first kappa shape index (κ1) is 27.9. The quantitative estimate of drug-likeness (QED) is 0.384. The maximum absolute atomic E-state index is 13.3. The number of hydrazine groups is 1. The van der Waals surface area contributed by atoms with Crippen LogP contribution in [0.15, 0.2) is 48.5 Å². The number of amides is 1. The van der Waals surface area contributed by atoms with Crippen LogP contribution in [0.3, 0.4) is 0 Å². The zero-order chi connectivity index (χ0) is 26.2. The molecule has 8 nitrogen and oxygen atoms in total. The van der Waals surface area contributed by atoms with Gasteiger partial charge in [0.15, 0.2) is 6.04 Å². The SMILES string of the molecule is CCOC(=O)[C@H](Cc1ccccc1)N(N[C@@H](Cc1cc(C)cc(C)c1)C(=O)O)C(=O)OC(C)(C)C. The summed E-state index contributed by atoms with van der Waals surface area (Å²) < 4.78 is 10.8. The van der Waals surface area contributed by atoms with Crippen LogP contribution in [0.4, 0.5) is 4.79 Å². The van der Waals surface area contributed by atoms with Crippen molar-refractivity contribution in [2.24, 2.45) is 0 Å². The molecule has 0 spiro atoms. The lowest BCUT2D eigenvalue weighted by Gasteiger charge is -2.34. The molecule has 2 rings (SSSR count). The summed E-state index contributed by atoms with van der Waals surface area (Å²) in [5.41, 5.74) is 5.49. The molecule has 0 bridgehead atoms. The number of carboxylic acids is 1. The van der Waals surface area contributed by atoms with Crippen LogP contribution in [-0.4, -0.2) is 52.4 Å². The van der Waals surface area contributed by atoms with E-state index < -0.39 is 35.7 Å². The summed E-state index contributed by atoms with van der Waals surface area (Å²) in [6.07, 6.45) is -0.655. The van der Waals surface area contributed by atoms with Crippen LogP contribution in [0.25, 0.3) is 0 Å². The predicted molar refractivity (Wildman–Crippen MR) is 133 cm³/mol. The minimum absolute atomic E-state index is 0.0953. The van der Waals surface area contributed by atoms with E-state index in [1.807, 2.05) is 62.4 Å². The first-order chi connectivity index (χ1) is 16.4. The maximum atomic E-state index is 13.3. The topological polar surface area (TPSA) is 105 Å². The summed E-state index contributed by atoms with van der Waals surface area (Å²) in [6, 6.07) is 12.6. The molecule has 2 atom stereocenters. The summed E-state index contributed by atoms with van der Waals surface area (Å²) in [4.78, 5) is 38.5. The Morgan fingerprint density at radius 1 is 0.971 bits per heavy atom. The predicted octanol–water partition coefficient (Wildman–Crippen LogP) is 4.22. The Labute approximate surface area is 207 Å². The van der Waals surface area contributed by atoms with Crippen LogP contribution in [0.5, 0.6) is 0 Å². The molecule has 0 saturated carbocycles. The lowest BCUT2D eigenvalue weighted by atomic mass is 10.0. The monoisotopic (exact) mass is 484 g/mol. The zero-order valence-corrected chi connectivity index (χ0v) is 21.3. The van der Waals surface area contributed by atoms with Crippen LogP contribution in [-0.2, 0) is 31.9 Å². The summed E-state index contributed by atoms with van der Waals surface area (Å²) in [6.45, 7) is 10.7. The molecule has 0 aromatic heterocycles. The second-order valence-corrected chi connectivity index (χ2v) is 9.53. The molecule has 35 heavy (non-hydrogen) atoms. The number of hydrogen-bond acceptors (Lipinski definition) is 6. The van der Waals surface area contributed by atoms with Gasteiger partial charge < -0.3 is 14.6 Å². The fraction of sp³-hybridized carbons (Fsp3) is 0.444. The number of carboxylic acid groups (broad SMARTS) is 1. The number of carbonyl (C=O) groups is 3. The van der Waals surface area contributed by atoms with Crippen molar-refractivity contribution < 1.29 is 29.0 Å². The van der Waals surface area contributed by atoms with Crippen molar-refractivity contribution >= 4 is 18.0 Å². The molecule has 0 aliphatic rings. The van der Waals surface area contributed by atoms with E-state index in [1.54, 1.807) is 27.7 Å². The van der Waals surface area contributed by atoms with Crippen molar-refractivity contribution in [3.63, 3.8) is 0 Å². The van der Waals surface area contributed by atoms with Crippen LogP contribution in [0, 0.1) is 13.8 Å². The molecule has 0 radical (unpaired) electrons. The number of nitrogens with one attached hydrogen (secondary N) is 1. The summed E-state index contributed by atoms with van der Waals surface area (Å²) in [7, 11) is 0. The Morgan fingerprint density at radius 3 is 2.09 bits per heavy atom. The summed E-state index contributed by atoms with van der Waals surface area (Å²) in [5, 5.41) is 11.0. The average Bonchev–Trinajstić information content (AvgIpc) is 2.74. The Balaban J connectivity index is 2.45. The molecule has 0 unspecified atom stereocenters. The normalized spacial score (nSPS) is 13.0. The Bertz CT molecular complexity index is 996. The molecular weight excluding hydrogens is 448 g/mol. The number of aryl methyl sites for hydroxylation is 2. The summed E-state index contributed by atoms with van der Waals surface area (Å²) in [5.74, 6) is -1.83. The number of hydrogen-bond donors (Lipinski definition) is 2. The number of carbonyl (C=O) groups excluding carboxylic acids is 2. The first-order valence-corrected chi connectivity index (χ1v) is 11.7. The van der Waals surface area contributed by atoms with Crippen molar-refractivity contribution in [1.29, 1.82) is 0 Å². The van der Waals surface area contributed by atoms with E-state index in [4.69, 9.17) is 9.47 Å². The van der Waals surface area contributed by atoms with Gasteiger partial charge >= 0.3 is 18.0 Å². The van der Waals surface area contributed by atoms with Crippen molar-refractivity contribution in [2.45, 2.75) is 72.1 Å². The number of nitrogens with zero attached hydrogens (tertiary/aromatic N) is 1. The minimum Gasteiger partial charge on any atom is -0.480 e. The third-order valence-corrected chi connectivity index (χ3v) is 5.05. The molecule has 0 heterocycles. The lowest BCUT2D eigenvalue weighted by molar-refractivity contribution is -0.153. The van der Waals surface area contributed by atoms with Crippen LogP contribution in [0.2, 0.25) is 0 Å². The van der Waals surface area contributed by atoms with Gasteiger partial charge in [0, 0.05) is 12.8 Å². The lowest BCUT2D eigenvalue weighted by Crippen LogP contribution is -2.60. The van der Waals surface area contributed by atoms with Gasteiger partial charge in [-0.25, -0.2) is 20.0 Å². The molecule has 190 valence electrons. The highest BCUT2D eigenvalue weighted by atomic mass is 16.6. The van der Waals surface area contributed by atoms with Crippen LogP contribution in [0.1, 0.15) is 49.9 Å². The van der Waals surface area contributed by atoms with Gasteiger partial charge in [0.1, 0.15) is 11.6 Å². The largest absolute Gasteiger partial charge is 0.480 e. The van der Waals surface area contributed by atoms with Crippen LogP contribution >= 0.6 is 0 Å². The van der Waals surface area contributed by atoms with Crippen molar-refractivity contribution in [2.75, 3.05) is 6.61 Å². The molecule has 0 fully saturated rings. The number of rotatable bonds is 10. The highest BCUT2D eigenvalue weighted by molar-refractivity contribution is 5.82. The molecule has 0 aliphatic heterocycles. The number of esters is 1. The molecule has 8 heteroatoms. The smallest absolute Gasteiger partial charge is 0.425 e. The second kappa shape index (κ2) is 12.4. The third-order valence-electron chi connectivity index (χ3n) is 5.05. The van der Waals surface area contributed by atoms with Crippen molar-refractivity contribution in [3.05, 3.63) is 70.8 Å². The van der Waals surface area contributed by atoms with E-state index in [1.165, 1.54) is 0 Å². The maximum Gasteiger partial charge on any atom is 0.425 e. The Kier molecular flexibility index (Phi) is 9.83. The van der Waals surface area contributed by atoms with E-state index >= 15 is 0 Å². The Hall–Kier alpha value is -3.39. The van der Waals surface area contributed by atoms with E-state index in [0.29, 0.717) is 0 Å². The fourth-order valence-electron chi connectivity index (χ4n) is 3.72. The van der Waals surface area contributed by atoms with Gasteiger partial charge in [0.05, 0.1) is 6.61 Å². The van der Waals surface area contributed by atoms with Gasteiger partial charge in [-0.15, -0.1) is 0 Å². The highest BCUT2D eigenvalue weighted by Crippen LogP contribution is 2.17. The molecule has 2 aromatic rings. The fourth-order valence-corrected chi connectivity index (χ4v) is 3.72. The van der Waals surface area contributed by atoms with Gasteiger partial charge in [-0.2, -0.15) is 0 Å². The molecule has 2 N–H and O–H groups in total. The van der Waals surface area contributed by atoms with Crippen molar-refractivity contribution in [1.82, 2.24) is 10.4 Å². The van der Waals surface area contributed by atoms with Gasteiger partial charge in [-0.05, 0) is 52.7 Å². The van der Waals surface area contributed by atoms with Gasteiger partial charge in [0.2, 0.25) is 0 Å². The van der Waals surface area contributed by atoms with E-state index in [0.717, 1.165) is 27.3 Å². The molecule has 1 amide bonds. The van der Waals surface area contributed by atoms with Crippen molar-refractivity contribution in [3.8, 4) is 0 Å². The Morgan fingerprint density at radius 2 is 1.57 bits per heavy atom. The average molecular weight is 485 g/mol. The first-order valence-electron chi connectivity index (χ1n) is 11.7. The summed E-state index contributed by atoms with van der Waals surface area (Å²) >= 11 is 0. The van der Waals surface area contributed by atoms with Crippen LogP contribution < -0.4 is 5.43 Å². The van der Waals surface area contributed by atoms with E-state index in [2.05, 4.69) is 5.43 Å². The number of aliphatic carboxylic acids is 1. The van der Waals surface area contributed by atoms with E-state index in [-0.39, 0.29) is 19.4 Å². The molecule has 2 aromatic carbocycles. The van der Waals surface area contributed by atoms with Gasteiger partial charge in [-0.3, -0.25) is 4.79 Å². The third kappa shape index (κ3) is 9.05. The van der Waals surface area contributed by atoms with E-state index in [9.17, 15) is 19.5 Å². The highest BCUT2D eigenvalue weighted by Gasteiger charge is 2.37. The van der Waals surface area contributed by atoms with Gasteiger partial charge in [-0.1, -0.05) is 59.7 Å². The second-order valence-electron chi connectivity index (χ2n) is 9.53. The number of benzene rings is 2. The molecular formula is C27H36N2O6. The number of ether oxygens (including phenoxy) is 2. The minimum atomic E-state index is -1.20. The standard InChI is InChI=1S/C27H36N2O6/c1-7-34-25(32)23(17-20-11-9-8-10-12-20)29(26(33)35-27(4,5)6)28-22(24(30)31)16-21-14-18(2)13-19(3)15-21/h8-15,22-23,28H,7,16-17H2,1-6H3,(H,30,31)/t22-,23-/m0/s1. The molecule has 0 saturated heterocycles. The molecule has 0 aliphatic carbocycles. The van der Waals surface area contributed by atoms with Gasteiger partial charge in [0.25, 0.3) is 0 Å².